The normalized spacial score (nSPS) is 15.6. The zero-order chi connectivity index (χ0) is 23.2. The fourth-order valence-electron chi connectivity index (χ4n) is 3.19. The number of nitrogens with zero attached hydrogens (tertiary/aromatic N) is 2. The van der Waals surface area contributed by atoms with E-state index < -0.39 is 15.6 Å². The van der Waals surface area contributed by atoms with Crippen molar-refractivity contribution in [3.63, 3.8) is 0 Å². The van der Waals surface area contributed by atoms with Crippen molar-refractivity contribution in [1.82, 2.24) is 19.8 Å². The molecule has 1 aromatic rings. The average molecular weight is 455 g/mol. The van der Waals surface area contributed by atoms with Crippen LogP contribution in [0.3, 0.4) is 0 Å². The van der Waals surface area contributed by atoms with Crippen molar-refractivity contribution in [2.24, 2.45) is 0 Å². The molecular weight excluding hydrogens is 420 g/mol. The van der Waals surface area contributed by atoms with Crippen LogP contribution in [0.5, 0.6) is 0 Å². The topological polar surface area (TPSA) is 108 Å². The van der Waals surface area contributed by atoms with E-state index >= 15 is 0 Å². The molecular formula is C21H34N4O5S. The molecule has 0 aliphatic carbocycles. The highest BCUT2D eigenvalue weighted by atomic mass is 32.2. The molecule has 1 heterocycles. The summed E-state index contributed by atoms with van der Waals surface area (Å²) in [6, 6.07) is 4.53. The maximum Gasteiger partial charge on any atom is 0.410 e. The smallest absolute Gasteiger partial charge is 0.410 e. The number of amides is 2. The second kappa shape index (κ2) is 10.4. The van der Waals surface area contributed by atoms with E-state index in [4.69, 9.17) is 4.74 Å². The molecule has 1 aliphatic rings. The lowest BCUT2D eigenvalue weighted by Crippen LogP contribution is -2.51. The summed E-state index contributed by atoms with van der Waals surface area (Å²) in [4.78, 5) is 28.7. The SMILES string of the molecule is CCNS(=O)(=O)c1ccc(C)c(C(=O)NCCN2CCN(C(=O)OC(C)(C)C)CC2)c1. The predicted molar refractivity (Wildman–Crippen MR) is 119 cm³/mol. The Morgan fingerprint density at radius 3 is 2.35 bits per heavy atom. The third kappa shape index (κ3) is 7.48. The minimum Gasteiger partial charge on any atom is -0.444 e. The van der Waals surface area contributed by atoms with E-state index in [1.165, 1.54) is 12.1 Å². The first-order valence-corrected chi connectivity index (χ1v) is 12.0. The molecule has 0 aromatic heterocycles. The highest BCUT2D eigenvalue weighted by Crippen LogP contribution is 2.16. The van der Waals surface area contributed by atoms with Gasteiger partial charge >= 0.3 is 6.09 Å². The summed E-state index contributed by atoms with van der Waals surface area (Å²) in [5.41, 5.74) is 0.535. The molecule has 1 fully saturated rings. The second-order valence-corrected chi connectivity index (χ2v) is 10.3. The summed E-state index contributed by atoms with van der Waals surface area (Å²) < 4.78 is 32.2. The summed E-state index contributed by atoms with van der Waals surface area (Å²) in [5, 5.41) is 2.86. The number of sulfonamides is 1. The van der Waals surface area contributed by atoms with Gasteiger partial charge in [-0.25, -0.2) is 17.9 Å². The lowest BCUT2D eigenvalue weighted by atomic mass is 10.1. The zero-order valence-corrected chi connectivity index (χ0v) is 19.8. The minimum absolute atomic E-state index is 0.0726. The van der Waals surface area contributed by atoms with E-state index in [-0.39, 0.29) is 23.4 Å². The Labute approximate surface area is 185 Å². The van der Waals surface area contributed by atoms with Crippen molar-refractivity contribution in [2.75, 3.05) is 45.8 Å². The number of aryl methyl sites for hydroxylation is 1. The molecule has 9 nitrogen and oxygen atoms in total. The number of carbonyl (C=O) groups excluding carboxylic acids is 2. The minimum atomic E-state index is -3.63. The van der Waals surface area contributed by atoms with Crippen molar-refractivity contribution in [2.45, 2.75) is 45.1 Å². The van der Waals surface area contributed by atoms with Gasteiger partial charge in [0.15, 0.2) is 0 Å². The van der Waals surface area contributed by atoms with Gasteiger partial charge in [0.05, 0.1) is 4.90 Å². The van der Waals surface area contributed by atoms with Gasteiger partial charge in [0.2, 0.25) is 10.0 Å². The molecule has 0 spiro atoms. The van der Waals surface area contributed by atoms with Crippen LogP contribution in [0.4, 0.5) is 4.79 Å². The number of ether oxygens (including phenoxy) is 1. The van der Waals surface area contributed by atoms with Crippen LogP contribution in [0.2, 0.25) is 0 Å². The monoisotopic (exact) mass is 454 g/mol. The Bertz CT molecular complexity index is 888. The van der Waals surface area contributed by atoms with E-state index in [0.29, 0.717) is 50.4 Å². The summed E-state index contributed by atoms with van der Waals surface area (Å²) >= 11 is 0. The van der Waals surface area contributed by atoms with E-state index in [2.05, 4.69) is 14.9 Å². The number of nitrogens with one attached hydrogen (secondary N) is 2. The number of hydrogen-bond donors (Lipinski definition) is 2. The number of benzene rings is 1. The molecule has 0 radical (unpaired) electrons. The van der Waals surface area contributed by atoms with Crippen LogP contribution in [-0.4, -0.2) is 81.6 Å². The van der Waals surface area contributed by atoms with Crippen LogP contribution in [0.15, 0.2) is 23.1 Å². The van der Waals surface area contributed by atoms with Crippen LogP contribution < -0.4 is 10.0 Å². The van der Waals surface area contributed by atoms with Crippen molar-refractivity contribution in [1.29, 1.82) is 0 Å². The Hall–Kier alpha value is -2.17. The number of piperazine rings is 1. The average Bonchev–Trinajstić information content (AvgIpc) is 2.67. The van der Waals surface area contributed by atoms with Crippen LogP contribution >= 0.6 is 0 Å². The zero-order valence-electron chi connectivity index (χ0n) is 19.0. The Morgan fingerprint density at radius 1 is 1.13 bits per heavy atom. The lowest BCUT2D eigenvalue weighted by molar-refractivity contribution is 0.0147. The van der Waals surface area contributed by atoms with Crippen molar-refractivity contribution in [3.8, 4) is 0 Å². The van der Waals surface area contributed by atoms with Gasteiger partial charge in [0.25, 0.3) is 5.91 Å². The predicted octanol–water partition coefficient (Wildman–Crippen LogP) is 1.58. The van der Waals surface area contributed by atoms with E-state index in [9.17, 15) is 18.0 Å². The summed E-state index contributed by atoms with van der Waals surface area (Å²) in [6.07, 6.45) is -0.302. The highest BCUT2D eigenvalue weighted by molar-refractivity contribution is 7.89. The van der Waals surface area contributed by atoms with Crippen molar-refractivity contribution in [3.05, 3.63) is 29.3 Å². The number of carbonyl (C=O) groups is 2. The molecule has 0 saturated carbocycles. The molecule has 2 N–H and O–H groups in total. The Balaban J connectivity index is 1.85. The Morgan fingerprint density at radius 2 is 1.77 bits per heavy atom. The second-order valence-electron chi connectivity index (χ2n) is 8.54. The summed E-state index contributed by atoms with van der Waals surface area (Å²) in [6.45, 7) is 12.9. The fraction of sp³-hybridized carbons (Fsp3) is 0.619. The first-order chi connectivity index (χ1) is 14.4. The van der Waals surface area contributed by atoms with Crippen LogP contribution in [-0.2, 0) is 14.8 Å². The van der Waals surface area contributed by atoms with Gasteiger partial charge in [0, 0.05) is 51.4 Å². The summed E-state index contributed by atoms with van der Waals surface area (Å²) in [5.74, 6) is -0.307. The molecule has 0 bridgehead atoms. The van der Waals surface area contributed by atoms with Gasteiger partial charge in [-0.05, 0) is 45.4 Å². The molecule has 1 saturated heterocycles. The molecule has 10 heteroatoms. The molecule has 174 valence electrons. The molecule has 0 atom stereocenters. The van der Waals surface area contributed by atoms with Crippen LogP contribution in [0.1, 0.15) is 43.6 Å². The third-order valence-electron chi connectivity index (χ3n) is 4.84. The fourth-order valence-corrected chi connectivity index (χ4v) is 4.26. The van der Waals surface area contributed by atoms with Gasteiger partial charge in [-0.1, -0.05) is 13.0 Å². The van der Waals surface area contributed by atoms with Crippen LogP contribution in [0, 0.1) is 6.92 Å². The Kier molecular flexibility index (Phi) is 8.44. The molecule has 2 rings (SSSR count). The van der Waals surface area contributed by atoms with Gasteiger partial charge in [-0.2, -0.15) is 0 Å². The first-order valence-electron chi connectivity index (χ1n) is 10.5. The maximum atomic E-state index is 12.6. The lowest BCUT2D eigenvalue weighted by Gasteiger charge is -2.35. The summed E-state index contributed by atoms with van der Waals surface area (Å²) in [7, 11) is -3.63. The van der Waals surface area contributed by atoms with E-state index in [1.807, 2.05) is 20.8 Å². The van der Waals surface area contributed by atoms with Gasteiger partial charge < -0.3 is 15.0 Å². The van der Waals surface area contributed by atoms with Crippen LogP contribution in [0.25, 0.3) is 0 Å². The number of rotatable bonds is 7. The molecule has 1 aliphatic heterocycles. The largest absolute Gasteiger partial charge is 0.444 e. The molecule has 31 heavy (non-hydrogen) atoms. The third-order valence-corrected chi connectivity index (χ3v) is 6.38. The maximum absolute atomic E-state index is 12.6. The van der Waals surface area contributed by atoms with E-state index in [0.717, 1.165) is 0 Å². The van der Waals surface area contributed by atoms with Crippen molar-refractivity contribution < 1.29 is 22.7 Å². The van der Waals surface area contributed by atoms with Crippen molar-refractivity contribution >= 4 is 22.0 Å². The van der Waals surface area contributed by atoms with Gasteiger partial charge in [-0.3, -0.25) is 9.69 Å². The molecule has 0 unspecified atom stereocenters. The number of hydrogen-bond acceptors (Lipinski definition) is 6. The first kappa shape index (κ1) is 25.1. The standard InChI is InChI=1S/C21H34N4O5S/c1-6-23-31(28,29)17-8-7-16(2)18(15-17)19(26)22-9-10-24-11-13-25(14-12-24)20(27)30-21(3,4)5/h7-8,15,23H,6,9-14H2,1-5H3,(H,22,26). The highest BCUT2D eigenvalue weighted by Gasteiger charge is 2.25. The van der Waals surface area contributed by atoms with Gasteiger partial charge in [0.1, 0.15) is 5.60 Å². The molecule has 2 amide bonds. The van der Waals surface area contributed by atoms with E-state index in [1.54, 1.807) is 24.8 Å². The quantitative estimate of drug-likeness (QED) is 0.648. The molecule has 1 aromatic carbocycles. The van der Waals surface area contributed by atoms with Gasteiger partial charge in [-0.15, -0.1) is 0 Å².